The summed E-state index contributed by atoms with van der Waals surface area (Å²) in [5.74, 6) is 1.87. The minimum Gasteiger partial charge on any atom is -0.357 e. The molecule has 1 aromatic rings. The fourth-order valence-corrected chi connectivity index (χ4v) is 3.15. The van der Waals surface area contributed by atoms with Crippen molar-refractivity contribution in [2.24, 2.45) is 5.92 Å². The van der Waals surface area contributed by atoms with Gasteiger partial charge in [0.25, 0.3) is 0 Å². The molecule has 3 nitrogen and oxygen atoms in total. The molecule has 1 aliphatic carbocycles. The van der Waals surface area contributed by atoms with E-state index in [1.165, 1.54) is 25.7 Å². The Bertz CT molecular complexity index is 436. The van der Waals surface area contributed by atoms with E-state index in [4.69, 9.17) is 16.6 Å². The fraction of sp³-hybridized carbons (Fsp3) is 0.688. The topological polar surface area (TPSA) is 28.2 Å². The second-order valence-electron chi connectivity index (χ2n) is 5.91. The third-order valence-corrected chi connectivity index (χ3v) is 4.61. The molecule has 0 saturated heterocycles. The van der Waals surface area contributed by atoms with Gasteiger partial charge in [0.15, 0.2) is 0 Å². The number of rotatable bonds is 5. The molecule has 0 aromatic carbocycles. The van der Waals surface area contributed by atoms with Crippen LogP contribution in [-0.4, -0.2) is 24.6 Å². The summed E-state index contributed by atoms with van der Waals surface area (Å²) in [6, 6.07) is 4.62. The van der Waals surface area contributed by atoms with E-state index in [9.17, 15) is 0 Å². The monoisotopic (exact) mass is 295 g/mol. The van der Waals surface area contributed by atoms with E-state index in [0.717, 1.165) is 35.5 Å². The third-order valence-electron chi connectivity index (χ3n) is 4.26. The second kappa shape index (κ2) is 7.28. The lowest BCUT2D eigenvalue weighted by molar-refractivity contribution is 0.335. The average Bonchev–Trinajstić information content (AvgIpc) is 2.45. The lowest BCUT2D eigenvalue weighted by Gasteiger charge is -2.35. The van der Waals surface area contributed by atoms with Gasteiger partial charge in [0.05, 0.1) is 10.7 Å². The van der Waals surface area contributed by atoms with Gasteiger partial charge in [0, 0.05) is 19.6 Å². The van der Waals surface area contributed by atoms with Crippen molar-refractivity contribution in [3.63, 3.8) is 0 Å². The van der Waals surface area contributed by atoms with Crippen LogP contribution in [0.2, 0.25) is 5.02 Å². The van der Waals surface area contributed by atoms with Crippen LogP contribution in [-0.2, 0) is 6.54 Å². The first-order valence-corrected chi connectivity index (χ1v) is 8.08. The summed E-state index contributed by atoms with van der Waals surface area (Å²) in [7, 11) is 2.16. The Kier molecular flexibility index (Phi) is 5.67. The smallest absolute Gasteiger partial charge is 0.128 e. The molecule has 4 heteroatoms. The van der Waals surface area contributed by atoms with Crippen molar-refractivity contribution in [3.05, 3.63) is 22.8 Å². The van der Waals surface area contributed by atoms with Crippen LogP contribution in [0.1, 0.15) is 45.2 Å². The molecule has 2 unspecified atom stereocenters. The van der Waals surface area contributed by atoms with Gasteiger partial charge in [-0.15, -0.1) is 0 Å². The molecule has 0 radical (unpaired) electrons. The van der Waals surface area contributed by atoms with Gasteiger partial charge < -0.3 is 10.2 Å². The molecule has 1 aliphatic rings. The van der Waals surface area contributed by atoms with Crippen LogP contribution in [0.15, 0.2) is 12.1 Å². The predicted molar refractivity (Wildman–Crippen MR) is 86.5 cm³/mol. The standard InChI is InChI=1S/C16H26ClN3/c1-4-18-11-15-14(17)8-9-16(19-15)20(3)13-7-5-6-12(2)10-13/h8-9,12-13,18H,4-7,10-11H2,1-3H3. The number of hydrogen-bond acceptors (Lipinski definition) is 3. The van der Waals surface area contributed by atoms with Gasteiger partial charge in [-0.2, -0.15) is 0 Å². The largest absolute Gasteiger partial charge is 0.357 e. The Labute approximate surface area is 127 Å². The highest BCUT2D eigenvalue weighted by Gasteiger charge is 2.23. The number of hydrogen-bond donors (Lipinski definition) is 1. The third kappa shape index (κ3) is 3.86. The molecular weight excluding hydrogens is 270 g/mol. The number of pyridine rings is 1. The zero-order chi connectivity index (χ0) is 14.5. The zero-order valence-electron chi connectivity index (χ0n) is 12.8. The van der Waals surface area contributed by atoms with Gasteiger partial charge in [-0.25, -0.2) is 4.98 Å². The van der Waals surface area contributed by atoms with E-state index in [1.807, 2.05) is 12.1 Å². The van der Waals surface area contributed by atoms with Crippen molar-refractivity contribution in [1.29, 1.82) is 0 Å². The summed E-state index contributed by atoms with van der Waals surface area (Å²) in [6.07, 6.45) is 5.23. The van der Waals surface area contributed by atoms with Crippen molar-refractivity contribution in [3.8, 4) is 0 Å². The molecule has 20 heavy (non-hydrogen) atoms. The average molecular weight is 296 g/mol. The highest BCUT2D eigenvalue weighted by atomic mass is 35.5. The van der Waals surface area contributed by atoms with E-state index in [2.05, 4.69) is 31.1 Å². The molecule has 2 rings (SSSR count). The Hall–Kier alpha value is -0.800. The number of halogens is 1. The van der Waals surface area contributed by atoms with E-state index in [1.54, 1.807) is 0 Å². The highest BCUT2D eigenvalue weighted by molar-refractivity contribution is 6.31. The van der Waals surface area contributed by atoms with E-state index >= 15 is 0 Å². The van der Waals surface area contributed by atoms with Crippen LogP contribution in [0.5, 0.6) is 0 Å². The zero-order valence-corrected chi connectivity index (χ0v) is 13.6. The Morgan fingerprint density at radius 2 is 2.20 bits per heavy atom. The minimum absolute atomic E-state index is 0.611. The van der Waals surface area contributed by atoms with Crippen LogP contribution in [0, 0.1) is 5.92 Å². The summed E-state index contributed by atoms with van der Waals surface area (Å²) in [5.41, 5.74) is 0.946. The number of nitrogens with zero attached hydrogens (tertiary/aromatic N) is 2. The molecule has 2 atom stereocenters. The predicted octanol–water partition coefficient (Wildman–Crippen LogP) is 3.86. The van der Waals surface area contributed by atoms with E-state index < -0.39 is 0 Å². The van der Waals surface area contributed by atoms with Gasteiger partial charge in [0.1, 0.15) is 5.82 Å². The molecule has 1 heterocycles. The van der Waals surface area contributed by atoms with Crippen molar-refractivity contribution in [1.82, 2.24) is 10.3 Å². The van der Waals surface area contributed by atoms with Crippen LogP contribution >= 0.6 is 11.6 Å². The number of anilines is 1. The Balaban J connectivity index is 2.10. The summed E-state index contributed by atoms with van der Waals surface area (Å²) >= 11 is 6.22. The Morgan fingerprint density at radius 3 is 2.90 bits per heavy atom. The highest BCUT2D eigenvalue weighted by Crippen LogP contribution is 2.29. The van der Waals surface area contributed by atoms with E-state index in [-0.39, 0.29) is 0 Å². The molecular formula is C16H26ClN3. The number of nitrogens with one attached hydrogen (secondary N) is 1. The Morgan fingerprint density at radius 1 is 1.40 bits per heavy atom. The lowest BCUT2D eigenvalue weighted by atomic mass is 9.86. The molecule has 0 aliphatic heterocycles. The molecule has 0 amide bonds. The second-order valence-corrected chi connectivity index (χ2v) is 6.32. The molecule has 0 spiro atoms. The molecule has 1 fully saturated rings. The lowest BCUT2D eigenvalue weighted by Crippen LogP contribution is -2.36. The van der Waals surface area contributed by atoms with Gasteiger partial charge in [-0.3, -0.25) is 0 Å². The van der Waals surface area contributed by atoms with Crippen LogP contribution < -0.4 is 10.2 Å². The van der Waals surface area contributed by atoms with Gasteiger partial charge in [-0.1, -0.05) is 38.3 Å². The molecule has 1 saturated carbocycles. The van der Waals surface area contributed by atoms with Gasteiger partial charge >= 0.3 is 0 Å². The SMILES string of the molecule is CCNCc1nc(N(C)C2CCCC(C)C2)ccc1Cl. The van der Waals surface area contributed by atoms with Crippen molar-refractivity contribution < 1.29 is 0 Å². The van der Waals surface area contributed by atoms with Crippen LogP contribution in [0.3, 0.4) is 0 Å². The van der Waals surface area contributed by atoms with Crippen LogP contribution in [0.4, 0.5) is 5.82 Å². The minimum atomic E-state index is 0.611. The quantitative estimate of drug-likeness (QED) is 0.894. The fourth-order valence-electron chi connectivity index (χ4n) is 2.98. The normalized spacial score (nSPS) is 22.8. The van der Waals surface area contributed by atoms with Crippen molar-refractivity contribution in [2.75, 3.05) is 18.5 Å². The maximum Gasteiger partial charge on any atom is 0.128 e. The molecule has 112 valence electrons. The first kappa shape index (κ1) is 15.6. The number of aromatic nitrogens is 1. The summed E-state index contributed by atoms with van der Waals surface area (Å²) in [5, 5.41) is 4.04. The molecule has 1 aromatic heterocycles. The van der Waals surface area contributed by atoms with Gasteiger partial charge in [0.2, 0.25) is 0 Å². The summed E-state index contributed by atoms with van der Waals surface area (Å²) in [4.78, 5) is 7.08. The first-order valence-electron chi connectivity index (χ1n) is 7.70. The van der Waals surface area contributed by atoms with Crippen LogP contribution in [0.25, 0.3) is 0 Å². The molecule has 1 N–H and O–H groups in total. The van der Waals surface area contributed by atoms with Crippen molar-refractivity contribution in [2.45, 2.75) is 52.1 Å². The van der Waals surface area contributed by atoms with Gasteiger partial charge in [-0.05, 0) is 37.4 Å². The summed E-state index contributed by atoms with van der Waals surface area (Å²) < 4.78 is 0. The maximum atomic E-state index is 6.22. The summed E-state index contributed by atoms with van der Waals surface area (Å²) in [6.45, 7) is 6.11. The molecule has 0 bridgehead atoms. The van der Waals surface area contributed by atoms with E-state index in [0.29, 0.717) is 6.04 Å². The maximum absolute atomic E-state index is 6.22. The first-order chi connectivity index (χ1) is 9.61. The van der Waals surface area contributed by atoms with Crippen molar-refractivity contribution >= 4 is 17.4 Å².